The van der Waals surface area contributed by atoms with E-state index < -0.39 is 0 Å². The summed E-state index contributed by atoms with van der Waals surface area (Å²) in [6, 6.07) is 86.5. The first-order valence-electron chi connectivity index (χ1n) is 25.0. The van der Waals surface area contributed by atoms with Crippen molar-refractivity contribution in [3.63, 3.8) is 0 Å². The molecule has 15 aromatic rings. The molecule has 0 fully saturated rings. The van der Waals surface area contributed by atoms with Gasteiger partial charge in [0.15, 0.2) is 23.3 Å². The summed E-state index contributed by atoms with van der Waals surface area (Å²) in [6.45, 7) is 0. The lowest BCUT2D eigenvalue weighted by Crippen LogP contribution is -2.07. The van der Waals surface area contributed by atoms with Gasteiger partial charge in [-0.2, -0.15) is 19.9 Å². The largest absolute Gasteiger partial charge is 0.309 e. The van der Waals surface area contributed by atoms with Crippen molar-refractivity contribution in [2.24, 2.45) is 0 Å². The molecule has 0 unspecified atom stereocenters. The number of hydrogen-bond acceptors (Lipinski definition) is 6. The Bertz CT molecular complexity index is 4640. The van der Waals surface area contributed by atoms with Gasteiger partial charge in [0.25, 0.3) is 0 Å². The fourth-order valence-electron chi connectivity index (χ4n) is 10.9. The lowest BCUT2D eigenvalue weighted by molar-refractivity contribution is 0.952. The summed E-state index contributed by atoms with van der Waals surface area (Å²) in [5, 5.41) is 6.71. The molecule has 5 aromatic heterocycles. The second-order valence-corrected chi connectivity index (χ2v) is 18.8. The maximum atomic E-state index is 5.38. The average Bonchev–Trinajstić information content (AvgIpc) is 4.13. The van der Waals surface area contributed by atoms with Crippen molar-refractivity contribution in [2.75, 3.05) is 0 Å². The van der Waals surface area contributed by atoms with Crippen LogP contribution in [0.25, 0.3) is 140 Å². The fourth-order valence-corrected chi connectivity index (χ4v) is 10.9. The standard InChI is InChI=1S/C66H41N9/c1-5-19-42(20-6-1)61-67-62(43-21-7-2-8-22-43)70-65(69-61)75-57-32-18-15-29-51(57)54-41-47(35-38-60(54)75)64-68-63(44-23-9-3-10-24-44)71-66(72-64)74-56-31-17-14-28-50(56)53-40-46(34-37-59(53)74)45-33-36-58-52(39-45)49-27-13-16-30-55(49)73(58)48-25-11-4-12-26-48/h1-41H. The van der Waals surface area contributed by atoms with E-state index in [4.69, 9.17) is 29.9 Å². The molecular formula is C66H41N9. The highest BCUT2D eigenvalue weighted by Gasteiger charge is 2.22. The molecule has 0 atom stereocenters. The molecule has 15 rings (SSSR count). The Labute approximate surface area is 430 Å². The molecule has 75 heavy (non-hydrogen) atoms. The van der Waals surface area contributed by atoms with E-state index in [-0.39, 0.29) is 0 Å². The Hall–Kier alpha value is -10.4. The van der Waals surface area contributed by atoms with Gasteiger partial charge in [0.1, 0.15) is 0 Å². The highest BCUT2D eigenvalue weighted by molar-refractivity contribution is 6.13. The van der Waals surface area contributed by atoms with Crippen LogP contribution in [0.5, 0.6) is 0 Å². The topological polar surface area (TPSA) is 92.1 Å². The van der Waals surface area contributed by atoms with E-state index in [1.54, 1.807) is 0 Å². The van der Waals surface area contributed by atoms with Crippen molar-refractivity contribution < 1.29 is 0 Å². The highest BCUT2D eigenvalue weighted by Crippen LogP contribution is 2.40. The first-order valence-corrected chi connectivity index (χ1v) is 25.0. The van der Waals surface area contributed by atoms with Gasteiger partial charge in [-0.3, -0.25) is 9.13 Å². The van der Waals surface area contributed by atoms with Gasteiger partial charge in [0.2, 0.25) is 11.9 Å². The molecule has 0 spiro atoms. The van der Waals surface area contributed by atoms with Crippen molar-refractivity contribution >= 4 is 65.4 Å². The number of hydrogen-bond donors (Lipinski definition) is 0. The van der Waals surface area contributed by atoms with Crippen LogP contribution in [0, 0.1) is 0 Å². The maximum absolute atomic E-state index is 5.38. The predicted octanol–water partition coefficient (Wildman–Crippen LogP) is 15.7. The van der Waals surface area contributed by atoms with Crippen LogP contribution >= 0.6 is 0 Å². The van der Waals surface area contributed by atoms with Gasteiger partial charge in [-0.15, -0.1) is 0 Å². The summed E-state index contributed by atoms with van der Waals surface area (Å²) in [7, 11) is 0. The SMILES string of the molecule is c1ccc(-c2nc(-c3ccc4c(c3)c3ccccc3n4-c3nc(-c4ccccc4)nc(-c4ccccc4)n3)nc(-n3c4ccccc4c4cc(-c5ccc6c(c5)c5ccccc5n6-c5ccccc5)ccc43)n2)cc1. The Morgan fingerprint density at radius 2 is 0.493 bits per heavy atom. The van der Waals surface area contributed by atoms with Crippen LogP contribution in [0.15, 0.2) is 249 Å². The lowest BCUT2D eigenvalue weighted by Gasteiger charge is -2.12. The molecule has 0 aliphatic carbocycles. The number of benzene rings is 10. The molecule has 0 aliphatic rings. The third kappa shape index (κ3) is 7.01. The minimum absolute atomic E-state index is 0.529. The molecule has 0 amide bonds. The van der Waals surface area contributed by atoms with Crippen LogP contribution in [-0.2, 0) is 0 Å². The van der Waals surface area contributed by atoms with E-state index in [0.29, 0.717) is 35.2 Å². The number of nitrogens with zero attached hydrogens (tertiary/aromatic N) is 9. The zero-order chi connectivity index (χ0) is 49.4. The van der Waals surface area contributed by atoms with Crippen LogP contribution in [0.1, 0.15) is 0 Å². The summed E-state index contributed by atoms with van der Waals surface area (Å²) in [5.74, 6) is 3.39. The lowest BCUT2D eigenvalue weighted by atomic mass is 10.0. The molecule has 0 N–H and O–H groups in total. The Kier molecular flexibility index (Phi) is 9.67. The van der Waals surface area contributed by atoms with Crippen molar-refractivity contribution in [2.45, 2.75) is 0 Å². The van der Waals surface area contributed by atoms with Crippen LogP contribution in [0.3, 0.4) is 0 Å². The number of fused-ring (bicyclic) bond motifs is 9. The monoisotopic (exact) mass is 959 g/mol. The quantitative estimate of drug-likeness (QED) is 0.151. The minimum Gasteiger partial charge on any atom is -0.309 e. The molecule has 0 bridgehead atoms. The second kappa shape index (κ2) is 17.1. The van der Waals surface area contributed by atoms with Crippen LogP contribution in [-0.4, -0.2) is 43.6 Å². The fraction of sp³-hybridized carbons (Fsp3) is 0. The van der Waals surface area contributed by atoms with Crippen molar-refractivity contribution in [1.29, 1.82) is 0 Å². The van der Waals surface area contributed by atoms with Gasteiger partial charge < -0.3 is 4.57 Å². The molecule has 0 saturated heterocycles. The van der Waals surface area contributed by atoms with E-state index in [1.165, 1.54) is 21.8 Å². The molecule has 350 valence electrons. The second-order valence-electron chi connectivity index (χ2n) is 18.8. The predicted molar refractivity (Wildman–Crippen MR) is 303 cm³/mol. The van der Waals surface area contributed by atoms with Crippen molar-refractivity contribution in [1.82, 2.24) is 43.6 Å². The van der Waals surface area contributed by atoms with E-state index in [9.17, 15) is 0 Å². The molecule has 0 aliphatic heterocycles. The molecule has 0 radical (unpaired) electrons. The summed E-state index contributed by atoms with van der Waals surface area (Å²) < 4.78 is 6.67. The van der Waals surface area contributed by atoms with Gasteiger partial charge in [-0.05, 0) is 83.9 Å². The smallest absolute Gasteiger partial charge is 0.238 e. The summed E-state index contributed by atoms with van der Waals surface area (Å²) >= 11 is 0. The van der Waals surface area contributed by atoms with E-state index >= 15 is 0 Å². The molecular weight excluding hydrogens is 919 g/mol. The maximum Gasteiger partial charge on any atom is 0.238 e. The Balaban J connectivity index is 0.892. The van der Waals surface area contributed by atoms with Gasteiger partial charge in [-0.25, -0.2) is 9.97 Å². The average molecular weight is 960 g/mol. The van der Waals surface area contributed by atoms with Crippen LogP contribution in [0.4, 0.5) is 0 Å². The zero-order valence-electron chi connectivity index (χ0n) is 40.2. The summed E-state index contributed by atoms with van der Waals surface area (Å²) in [5.41, 5.74) is 13.2. The molecule has 0 saturated carbocycles. The van der Waals surface area contributed by atoms with Crippen LogP contribution in [0.2, 0.25) is 0 Å². The molecule has 10 aromatic carbocycles. The third-order valence-corrected chi connectivity index (χ3v) is 14.4. The molecule has 9 nitrogen and oxygen atoms in total. The van der Waals surface area contributed by atoms with E-state index in [1.807, 2.05) is 91.0 Å². The normalized spacial score (nSPS) is 11.7. The number of aromatic nitrogens is 9. The Morgan fingerprint density at radius 3 is 0.907 bits per heavy atom. The van der Waals surface area contributed by atoms with Gasteiger partial charge >= 0.3 is 0 Å². The Morgan fingerprint density at radius 1 is 0.200 bits per heavy atom. The molecule has 9 heteroatoms. The van der Waals surface area contributed by atoms with Gasteiger partial charge in [0.05, 0.1) is 33.1 Å². The zero-order valence-corrected chi connectivity index (χ0v) is 40.2. The minimum atomic E-state index is 0.529. The van der Waals surface area contributed by atoms with Crippen molar-refractivity contribution in [3.8, 4) is 74.3 Å². The van der Waals surface area contributed by atoms with Crippen LogP contribution < -0.4 is 0 Å². The summed E-state index contributed by atoms with van der Waals surface area (Å²) in [4.78, 5) is 31.2. The highest BCUT2D eigenvalue weighted by atomic mass is 15.2. The summed E-state index contributed by atoms with van der Waals surface area (Å²) in [6.07, 6.45) is 0. The third-order valence-electron chi connectivity index (χ3n) is 14.4. The van der Waals surface area contributed by atoms with Gasteiger partial charge in [-0.1, -0.05) is 176 Å². The first-order chi connectivity index (χ1) is 37.2. The van der Waals surface area contributed by atoms with Crippen molar-refractivity contribution in [3.05, 3.63) is 249 Å². The first kappa shape index (κ1) is 42.3. The van der Waals surface area contributed by atoms with E-state index in [2.05, 4.69) is 171 Å². The van der Waals surface area contributed by atoms with E-state index in [0.717, 1.165) is 82.7 Å². The van der Waals surface area contributed by atoms with Gasteiger partial charge in [0, 0.05) is 60.3 Å². The number of para-hydroxylation sites is 4. The molecule has 5 heterocycles. The number of rotatable bonds is 8.